The summed E-state index contributed by atoms with van der Waals surface area (Å²) < 4.78 is 5.52. The highest BCUT2D eigenvalue weighted by atomic mass is 16.5. The van der Waals surface area contributed by atoms with Gasteiger partial charge in [-0.25, -0.2) is 4.79 Å². The molecule has 1 aliphatic carbocycles. The van der Waals surface area contributed by atoms with Crippen LogP contribution in [0.5, 0.6) is 5.75 Å². The lowest BCUT2D eigenvalue weighted by atomic mass is 9.64. The quantitative estimate of drug-likeness (QED) is 0.846. The Bertz CT molecular complexity index is 672. The van der Waals surface area contributed by atoms with E-state index < -0.39 is 11.9 Å². The van der Waals surface area contributed by atoms with Gasteiger partial charge in [0.1, 0.15) is 5.75 Å². The van der Waals surface area contributed by atoms with Gasteiger partial charge in [0, 0.05) is 30.6 Å². The highest BCUT2D eigenvalue weighted by molar-refractivity contribution is 5.76. The maximum Gasteiger partial charge on any atom is 0.317 e. The number of aliphatic carboxylic acids is 1. The maximum atomic E-state index is 12.7. The van der Waals surface area contributed by atoms with Crippen molar-refractivity contribution in [2.45, 2.75) is 38.0 Å². The van der Waals surface area contributed by atoms with Crippen LogP contribution in [0.1, 0.15) is 38.2 Å². The molecule has 142 valence electrons. The number of carboxylic acid groups (broad SMARTS) is 1. The molecule has 0 radical (unpaired) electrons. The third-order valence-electron chi connectivity index (χ3n) is 5.86. The Morgan fingerprint density at radius 1 is 1.31 bits per heavy atom. The van der Waals surface area contributed by atoms with Crippen LogP contribution in [0.4, 0.5) is 4.79 Å². The van der Waals surface area contributed by atoms with E-state index in [1.54, 1.807) is 12.0 Å². The summed E-state index contributed by atoms with van der Waals surface area (Å²) in [6.07, 6.45) is 3.80. The summed E-state index contributed by atoms with van der Waals surface area (Å²) in [6.45, 7) is 3.44. The molecule has 6 heteroatoms. The molecular weight excluding hydrogens is 332 g/mol. The molecule has 6 nitrogen and oxygen atoms in total. The van der Waals surface area contributed by atoms with Gasteiger partial charge in [-0.2, -0.15) is 0 Å². The molecule has 26 heavy (non-hydrogen) atoms. The number of nitrogens with zero attached hydrogens (tertiary/aromatic N) is 1. The summed E-state index contributed by atoms with van der Waals surface area (Å²) in [4.78, 5) is 25.7. The highest BCUT2D eigenvalue weighted by Crippen LogP contribution is 2.46. The van der Waals surface area contributed by atoms with Gasteiger partial charge in [0.15, 0.2) is 0 Å². The molecule has 2 fully saturated rings. The SMILES string of the molecule is COc1ccccc1C1(CNC(=O)N2CC(C)CC(C(=O)O)C2)CCC1. The number of carboxylic acids is 1. The topological polar surface area (TPSA) is 78.9 Å². The number of ether oxygens (including phenoxy) is 1. The van der Waals surface area contributed by atoms with Gasteiger partial charge in [-0.05, 0) is 31.2 Å². The van der Waals surface area contributed by atoms with Gasteiger partial charge in [-0.1, -0.05) is 31.5 Å². The molecule has 2 unspecified atom stereocenters. The minimum atomic E-state index is -0.821. The molecule has 1 saturated heterocycles. The van der Waals surface area contributed by atoms with Crippen molar-refractivity contribution in [3.63, 3.8) is 0 Å². The fraction of sp³-hybridized carbons (Fsp3) is 0.600. The highest BCUT2D eigenvalue weighted by Gasteiger charge is 2.41. The molecule has 0 bridgehead atoms. The summed E-state index contributed by atoms with van der Waals surface area (Å²) in [5.41, 5.74) is 1.06. The number of methoxy groups -OCH3 is 1. The van der Waals surface area contributed by atoms with E-state index in [9.17, 15) is 14.7 Å². The number of likely N-dealkylation sites (tertiary alicyclic amines) is 1. The molecule has 2 atom stereocenters. The second kappa shape index (κ2) is 7.56. The lowest BCUT2D eigenvalue weighted by molar-refractivity contribution is -0.143. The van der Waals surface area contributed by atoms with Crippen molar-refractivity contribution in [1.29, 1.82) is 0 Å². The van der Waals surface area contributed by atoms with E-state index >= 15 is 0 Å². The predicted molar refractivity (Wildman–Crippen MR) is 98.4 cm³/mol. The summed E-state index contributed by atoms with van der Waals surface area (Å²) in [5, 5.41) is 12.4. The first-order valence-corrected chi connectivity index (χ1v) is 9.34. The molecule has 3 rings (SSSR count). The van der Waals surface area contributed by atoms with Crippen LogP contribution in [0.15, 0.2) is 24.3 Å². The Labute approximate surface area is 154 Å². The van der Waals surface area contributed by atoms with Crippen LogP contribution in [0, 0.1) is 11.8 Å². The lowest BCUT2D eigenvalue weighted by Crippen LogP contribution is -2.53. The smallest absolute Gasteiger partial charge is 0.317 e. The first-order valence-electron chi connectivity index (χ1n) is 9.34. The minimum Gasteiger partial charge on any atom is -0.496 e. The van der Waals surface area contributed by atoms with Gasteiger partial charge in [-0.3, -0.25) is 4.79 Å². The van der Waals surface area contributed by atoms with E-state index in [-0.39, 0.29) is 23.9 Å². The maximum absolute atomic E-state index is 12.7. The second-order valence-corrected chi connectivity index (χ2v) is 7.77. The Hall–Kier alpha value is -2.24. The monoisotopic (exact) mass is 360 g/mol. The van der Waals surface area contributed by atoms with E-state index in [1.807, 2.05) is 25.1 Å². The van der Waals surface area contributed by atoms with Crippen LogP contribution < -0.4 is 10.1 Å². The number of carbonyl (C=O) groups excluding carboxylic acids is 1. The average molecular weight is 360 g/mol. The fourth-order valence-electron chi connectivity index (χ4n) is 4.28. The largest absolute Gasteiger partial charge is 0.496 e. The van der Waals surface area contributed by atoms with Crippen LogP contribution in [-0.4, -0.2) is 48.8 Å². The van der Waals surface area contributed by atoms with Gasteiger partial charge < -0.3 is 20.1 Å². The van der Waals surface area contributed by atoms with E-state index in [1.165, 1.54) is 0 Å². The molecule has 1 aromatic carbocycles. The molecule has 1 aliphatic heterocycles. The molecule has 2 N–H and O–H groups in total. The van der Waals surface area contributed by atoms with Crippen LogP contribution in [0.25, 0.3) is 0 Å². The molecule has 2 aliphatic rings. The molecule has 0 spiro atoms. The number of piperidine rings is 1. The summed E-state index contributed by atoms with van der Waals surface area (Å²) >= 11 is 0. The molecule has 1 heterocycles. The standard InChI is InChI=1S/C20H28N2O4/c1-14-10-15(18(23)24)12-22(11-14)19(25)21-13-20(8-5-9-20)16-6-3-4-7-17(16)26-2/h3-4,6-7,14-15H,5,8-13H2,1-2H3,(H,21,25)(H,23,24). The Morgan fingerprint density at radius 3 is 2.65 bits per heavy atom. The Kier molecular flexibility index (Phi) is 5.39. The van der Waals surface area contributed by atoms with Gasteiger partial charge in [0.25, 0.3) is 0 Å². The van der Waals surface area contributed by atoms with Gasteiger partial charge in [-0.15, -0.1) is 0 Å². The Morgan fingerprint density at radius 2 is 2.04 bits per heavy atom. The van der Waals surface area contributed by atoms with Crippen molar-refractivity contribution in [3.8, 4) is 5.75 Å². The number of benzene rings is 1. The number of urea groups is 1. The van der Waals surface area contributed by atoms with Crippen LogP contribution in [0.3, 0.4) is 0 Å². The molecule has 1 aromatic rings. The van der Waals surface area contributed by atoms with E-state index in [2.05, 4.69) is 11.4 Å². The van der Waals surface area contributed by atoms with Crippen molar-refractivity contribution in [3.05, 3.63) is 29.8 Å². The van der Waals surface area contributed by atoms with Crippen LogP contribution in [0.2, 0.25) is 0 Å². The molecule has 1 saturated carbocycles. The average Bonchev–Trinajstić information content (AvgIpc) is 2.60. The number of rotatable bonds is 5. The van der Waals surface area contributed by atoms with Crippen molar-refractivity contribution >= 4 is 12.0 Å². The number of carbonyl (C=O) groups is 2. The minimum absolute atomic E-state index is 0.0874. The van der Waals surface area contributed by atoms with Crippen molar-refractivity contribution in [1.82, 2.24) is 10.2 Å². The number of para-hydroxylation sites is 1. The third-order valence-corrected chi connectivity index (χ3v) is 5.86. The summed E-state index contributed by atoms with van der Waals surface area (Å²) in [5.74, 6) is -0.239. The van der Waals surface area contributed by atoms with E-state index in [4.69, 9.17) is 4.74 Å². The summed E-state index contributed by atoms with van der Waals surface area (Å²) in [6, 6.07) is 7.83. The van der Waals surface area contributed by atoms with Gasteiger partial charge in [0.05, 0.1) is 13.0 Å². The van der Waals surface area contributed by atoms with Gasteiger partial charge >= 0.3 is 12.0 Å². The lowest BCUT2D eigenvalue weighted by Gasteiger charge is -2.44. The van der Waals surface area contributed by atoms with Crippen LogP contribution >= 0.6 is 0 Å². The zero-order chi connectivity index (χ0) is 18.7. The van der Waals surface area contributed by atoms with Gasteiger partial charge in [0.2, 0.25) is 0 Å². The predicted octanol–water partition coefficient (Wildman–Crippen LogP) is 2.87. The van der Waals surface area contributed by atoms with E-state index in [0.717, 1.165) is 30.6 Å². The zero-order valence-electron chi connectivity index (χ0n) is 15.5. The normalized spacial score (nSPS) is 24.5. The number of amides is 2. The number of nitrogens with one attached hydrogen (secondary N) is 1. The zero-order valence-corrected chi connectivity index (χ0v) is 15.5. The third kappa shape index (κ3) is 3.64. The second-order valence-electron chi connectivity index (χ2n) is 7.77. The molecule has 2 amide bonds. The van der Waals surface area contributed by atoms with Crippen molar-refractivity contribution in [2.24, 2.45) is 11.8 Å². The van der Waals surface area contributed by atoms with Crippen molar-refractivity contribution in [2.75, 3.05) is 26.7 Å². The fourth-order valence-corrected chi connectivity index (χ4v) is 4.28. The number of hydrogen-bond donors (Lipinski definition) is 2. The van der Waals surface area contributed by atoms with Crippen LogP contribution in [-0.2, 0) is 10.2 Å². The summed E-state index contributed by atoms with van der Waals surface area (Å²) in [7, 11) is 1.67. The van der Waals surface area contributed by atoms with E-state index in [0.29, 0.717) is 19.5 Å². The Balaban J connectivity index is 1.67. The first kappa shape index (κ1) is 18.5. The van der Waals surface area contributed by atoms with Crippen molar-refractivity contribution < 1.29 is 19.4 Å². The molecular formula is C20H28N2O4. The number of hydrogen-bond acceptors (Lipinski definition) is 3. The molecule has 0 aromatic heterocycles. The first-order chi connectivity index (χ1) is 12.4.